The van der Waals surface area contributed by atoms with Crippen molar-refractivity contribution in [1.29, 1.82) is 0 Å². The van der Waals surface area contributed by atoms with Gasteiger partial charge in [0.05, 0.1) is 10.3 Å². The van der Waals surface area contributed by atoms with Crippen LogP contribution in [0.3, 0.4) is 0 Å². The summed E-state index contributed by atoms with van der Waals surface area (Å²) in [6.45, 7) is 7.98. The Bertz CT molecular complexity index is 768. The van der Waals surface area contributed by atoms with E-state index in [0.29, 0.717) is 18.0 Å². The first-order valence-electron chi connectivity index (χ1n) is 8.36. The van der Waals surface area contributed by atoms with Crippen molar-refractivity contribution < 1.29 is 9.72 Å². The zero-order valence-electron chi connectivity index (χ0n) is 15.1. The topological polar surface area (TPSA) is 72.2 Å². The molecule has 2 aromatic rings. The molecule has 1 N–H and O–H groups in total. The summed E-state index contributed by atoms with van der Waals surface area (Å²) < 4.78 is 0. The van der Waals surface area contributed by atoms with Crippen molar-refractivity contribution in [2.75, 3.05) is 6.54 Å². The molecule has 1 amide bonds. The van der Waals surface area contributed by atoms with Gasteiger partial charge in [-0.15, -0.1) is 0 Å². The summed E-state index contributed by atoms with van der Waals surface area (Å²) in [5, 5.41) is 14.5. The highest BCUT2D eigenvalue weighted by molar-refractivity contribution is 5.89. The number of carbonyl (C=O) groups excluding carboxylic acids is 1. The lowest BCUT2D eigenvalue weighted by atomic mass is 9.81. The maximum atomic E-state index is 12.6. The monoisotopic (exact) mass is 340 g/mol. The molecule has 0 unspecified atom stereocenters. The van der Waals surface area contributed by atoms with Gasteiger partial charge in [0, 0.05) is 18.2 Å². The Morgan fingerprint density at radius 3 is 2.32 bits per heavy atom. The number of carbonyl (C=O) groups is 1. The Hall–Kier alpha value is -2.69. The minimum atomic E-state index is -0.994. The molecule has 0 aromatic heterocycles. The van der Waals surface area contributed by atoms with Crippen molar-refractivity contribution in [2.45, 2.75) is 33.1 Å². The molecular formula is C20H24N2O3. The van der Waals surface area contributed by atoms with Crippen LogP contribution in [0.25, 0.3) is 11.1 Å². The summed E-state index contributed by atoms with van der Waals surface area (Å²) in [6.07, 6.45) is 0. The van der Waals surface area contributed by atoms with Gasteiger partial charge in [-0.2, -0.15) is 0 Å². The number of amides is 1. The van der Waals surface area contributed by atoms with Gasteiger partial charge in [-0.25, -0.2) is 0 Å². The predicted octanol–water partition coefficient (Wildman–Crippen LogP) is 4.31. The molecule has 0 saturated carbocycles. The highest BCUT2D eigenvalue weighted by Gasteiger charge is 2.35. The smallest absolute Gasteiger partial charge is 0.274 e. The molecular weight excluding hydrogens is 316 g/mol. The molecule has 0 radical (unpaired) electrons. The van der Waals surface area contributed by atoms with Gasteiger partial charge < -0.3 is 5.32 Å². The number of benzene rings is 2. The molecule has 2 rings (SSSR count). The lowest BCUT2D eigenvalue weighted by molar-refractivity contribution is -0.385. The maximum absolute atomic E-state index is 12.6. The van der Waals surface area contributed by atoms with Crippen molar-refractivity contribution in [2.24, 2.45) is 5.92 Å². The lowest BCUT2D eigenvalue weighted by Crippen LogP contribution is -2.41. The van der Waals surface area contributed by atoms with E-state index in [-0.39, 0.29) is 11.6 Å². The van der Waals surface area contributed by atoms with Crippen LogP contribution in [0.1, 0.15) is 33.3 Å². The standard InChI is InChI=1S/C20H24N2O3/c1-14(2)13-21-19(23)20(3,4)17-11-10-16(12-18(17)22(24)25)15-8-6-5-7-9-15/h5-12,14H,13H2,1-4H3,(H,21,23). The number of nitrogens with one attached hydrogen (secondary N) is 1. The van der Waals surface area contributed by atoms with Crippen LogP contribution in [-0.2, 0) is 10.2 Å². The second-order valence-electron chi connectivity index (χ2n) is 7.08. The molecule has 25 heavy (non-hydrogen) atoms. The van der Waals surface area contributed by atoms with Crippen LogP contribution in [0.4, 0.5) is 5.69 Å². The predicted molar refractivity (Wildman–Crippen MR) is 99.4 cm³/mol. The number of nitro benzene ring substituents is 1. The van der Waals surface area contributed by atoms with Gasteiger partial charge in [0.25, 0.3) is 5.69 Å². The van der Waals surface area contributed by atoms with Crippen LogP contribution >= 0.6 is 0 Å². The van der Waals surface area contributed by atoms with Crippen LogP contribution in [0.15, 0.2) is 48.5 Å². The van der Waals surface area contributed by atoms with Crippen molar-refractivity contribution in [3.63, 3.8) is 0 Å². The molecule has 0 aliphatic rings. The molecule has 132 valence electrons. The number of nitrogens with zero attached hydrogens (tertiary/aromatic N) is 1. The van der Waals surface area contributed by atoms with Gasteiger partial charge in [-0.1, -0.05) is 56.3 Å². The van der Waals surface area contributed by atoms with Gasteiger partial charge in [0.1, 0.15) is 0 Å². The quantitative estimate of drug-likeness (QED) is 0.629. The van der Waals surface area contributed by atoms with E-state index in [1.807, 2.05) is 50.2 Å². The maximum Gasteiger partial charge on any atom is 0.274 e. The average Bonchev–Trinajstić information content (AvgIpc) is 2.59. The molecule has 0 saturated heterocycles. The molecule has 2 aromatic carbocycles. The number of rotatable bonds is 6. The molecule has 0 aliphatic carbocycles. The van der Waals surface area contributed by atoms with Crippen molar-refractivity contribution in [3.05, 3.63) is 64.2 Å². The van der Waals surface area contributed by atoms with Crippen LogP contribution in [0, 0.1) is 16.0 Å². The second kappa shape index (κ2) is 7.47. The third-order valence-corrected chi connectivity index (χ3v) is 4.21. The third-order valence-electron chi connectivity index (χ3n) is 4.21. The largest absolute Gasteiger partial charge is 0.355 e. The zero-order chi connectivity index (χ0) is 18.6. The fraction of sp³-hybridized carbons (Fsp3) is 0.350. The highest BCUT2D eigenvalue weighted by atomic mass is 16.6. The Kier molecular flexibility index (Phi) is 5.57. The Labute approximate surface area is 148 Å². The fourth-order valence-corrected chi connectivity index (χ4v) is 2.66. The normalized spacial score (nSPS) is 11.4. The number of hydrogen-bond donors (Lipinski definition) is 1. The molecule has 0 fully saturated rings. The Morgan fingerprint density at radius 1 is 1.12 bits per heavy atom. The first-order chi connectivity index (χ1) is 11.7. The number of hydrogen-bond acceptors (Lipinski definition) is 3. The van der Waals surface area contributed by atoms with Gasteiger partial charge in [-0.05, 0) is 30.9 Å². The molecule has 0 spiro atoms. The molecule has 0 aliphatic heterocycles. The Balaban J connectivity index is 2.43. The van der Waals surface area contributed by atoms with E-state index in [1.165, 1.54) is 0 Å². The SMILES string of the molecule is CC(C)CNC(=O)C(C)(C)c1ccc(-c2ccccc2)cc1[N+](=O)[O-]. The van der Waals surface area contributed by atoms with E-state index in [4.69, 9.17) is 0 Å². The minimum Gasteiger partial charge on any atom is -0.355 e. The molecule has 0 bridgehead atoms. The van der Waals surface area contributed by atoms with E-state index < -0.39 is 10.3 Å². The summed E-state index contributed by atoms with van der Waals surface area (Å²) in [7, 11) is 0. The summed E-state index contributed by atoms with van der Waals surface area (Å²) in [6, 6.07) is 14.5. The molecule has 5 nitrogen and oxygen atoms in total. The van der Waals surface area contributed by atoms with Gasteiger partial charge in [-0.3, -0.25) is 14.9 Å². The zero-order valence-corrected chi connectivity index (χ0v) is 15.1. The third kappa shape index (κ3) is 4.24. The van der Waals surface area contributed by atoms with Crippen molar-refractivity contribution in [1.82, 2.24) is 5.32 Å². The first kappa shape index (κ1) is 18.6. The highest BCUT2D eigenvalue weighted by Crippen LogP contribution is 2.35. The van der Waals surface area contributed by atoms with E-state index in [0.717, 1.165) is 11.1 Å². The molecule has 0 atom stereocenters. The van der Waals surface area contributed by atoms with Gasteiger partial charge in [0.15, 0.2) is 0 Å². The summed E-state index contributed by atoms with van der Waals surface area (Å²) >= 11 is 0. The average molecular weight is 340 g/mol. The van der Waals surface area contributed by atoms with Crippen LogP contribution in [0.5, 0.6) is 0 Å². The van der Waals surface area contributed by atoms with Crippen molar-refractivity contribution >= 4 is 11.6 Å². The van der Waals surface area contributed by atoms with E-state index in [9.17, 15) is 14.9 Å². The second-order valence-corrected chi connectivity index (χ2v) is 7.08. The summed E-state index contributed by atoms with van der Waals surface area (Å²) in [4.78, 5) is 23.8. The van der Waals surface area contributed by atoms with E-state index >= 15 is 0 Å². The fourth-order valence-electron chi connectivity index (χ4n) is 2.66. The molecule has 0 heterocycles. The first-order valence-corrected chi connectivity index (χ1v) is 8.36. The van der Waals surface area contributed by atoms with Gasteiger partial charge >= 0.3 is 0 Å². The lowest BCUT2D eigenvalue weighted by Gasteiger charge is -2.25. The van der Waals surface area contributed by atoms with Crippen LogP contribution in [0.2, 0.25) is 0 Å². The van der Waals surface area contributed by atoms with E-state index in [1.54, 1.807) is 26.0 Å². The van der Waals surface area contributed by atoms with Crippen LogP contribution in [-0.4, -0.2) is 17.4 Å². The minimum absolute atomic E-state index is 0.0361. The summed E-state index contributed by atoms with van der Waals surface area (Å²) in [5.74, 6) is 0.104. The van der Waals surface area contributed by atoms with E-state index in [2.05, 4.69) is 5.32 Å². The number of nitro groups is 1. The van der Waals surface area contributed by atoms with Gasteiger partial charge in [0.2, 0.25) is 5.91 Å². The Morgan fingerprint density at radius 2 is 1.76 bits per heavy atom. The van der Waals surface area contributed by atoms with Crippen LogP contribution < -0.4 is 5.32 Å². The molecule has 5 heteroatoms. The summed E-state index contributed by atoms with van der Waals surface area (Å²) in [5.41, 5.74) is 1.05. The van der Waals surface area contributed by atoms with Crippen molar-refractivity contribution in [3.8, 4) is 11.1 Å².